The van der Waals surface area contributed by atoms with E-state index in [4.69, 9.17) is 0 Å². The summed E-state index contributed by atoms with van der Waals surface area (Å²) in [6, 6.07) is 0. The number of rotatable bonds is 3. The molecule has 72 valence electrons. The molecule has 4 heteroatoms. The van der Waals surface area contributed by atoms with Gasteiger partial charge in [-0.15, -0.1) is 10.2 Å². The van der Waals surface area contributed by atoms with Gasteiger partial charge in [0.05, 0.1) is 0 Å². The van der Waals surface area contributed by atoms with Crippen LogP contribution in [-0.2, 0) is 6.54 Å². The molecule has 0 bridgehead atoms. The molecule has 1 saturated heterocycles. The van der Waals surface area contributed by atoms with Crippen LogP contribution in [0.2, 0.25) is 0 Å². The van der Waals surface area contributed by atoms with Crippen LogP contribution in [0.1, 0.15) is 25.6 Å². The third-order valence-electron chi connectivity index (χ3n) is 2.91. The molecule has 1 unspecified atom stereocenters. The summed E-state index contributed by atoms with van der Waals surface area (Å²) in [7, 11) is 0. The van der Waals surface area contributed by atoms with Crippen LogP contribution in [0, 0.1) is 5.92 Å². The van der Waals surface area contributed by atoms with Crippen LogP contribution in [0.25, 0.3) is 0 Å². The van der Waals surface area contributed by atoms with Crippen molar-refractivity contribution in [1.82, 2.24) is 20.1 Å². The summed E-state index contributed by atoms with van der Waals surface area (Å²) in [4.78, 5) is 0. The highest BCUT2D eigenvalue weighted by molar-refractivity contribution is 5.00. The molecule has 1 aromatic heterocycles. The van der Waals surface area contributed by atoms with Crippen LogP contribution in [0.15, 0.2) is 6.33 Å². The minimum absolute atomic E-state index is 0.531. The monoisotopic (exact) mass is 180 g/mol. The van der Waals surface area contributed by atoms with Gasteiger partial charge < -0.3 is 9.88 Å². The second-order valence-corrected chi connectivity index (χ2v) is 3.68. The van der Waals surface area contributed by atoms with E-state index in [-0.39, 0.29) is 0 Å². The number of hydrogen-bond donors (Lipinski definition) is 1. The fourth-order valence-electron chi connectivity index (χ4n) is 1.74. The molecule has 0 aliphatic carbocycles. The van der Waals surface area contributed by atoms with E-state index in [0.717, 1.165) is 31.4 Å². The van der Waals surface area contributed by atoms with Crippen LogP contribution in [-0.4, -0.2) is 27.9 Å². The summed E-state index contributed by atoms with van der Waals surface area (Å²) in [5.74, 6) is 2.41. The van der Waals surface area contributed by atoms with E-state index >= 15 is 0 Å². The van der Waals surface area contributed by atoms with Crippen molar-refractivity contribution in [2.24, 2.45) is 5.92 Å². The lowest BCUT2D eigenvalue weighted by Gasteiger charge is -2.32. The van der Waals surface area contributed by atoms with Crippen molar-refractivity contribution in [3.05, 3.63) is 12.2 Å². The average Bonchev–Trinajstić information content (AvgIpc) is 2.47. The summed E-state index contributed by atoms with van der Waals surface area (Å²) >= 11 is 0. The van der Waals surface area contributed by atoms with E-state index in [2.05, 4.69) is 33.9 Å². The number of aromatic nitrogens is 3. The Morgan fingerprint density at radius 2 is 2.46 bits per heavy atom. The maximum atomic E-state index is 4.18. The van der Waals surface area contributed by atoms with Crippen molar-refractivity contribution >= 4 is 0 Å². The molecule has 0 spiro atoms. The third kappa shape index (κ3) is 1.46. The van der Waals surface area contributed by atoms with Gasteiger partial charge in [0, 0.05) is 12.5 Å². The summed E-state index contributed by atoms with van der Waals surface area (Å²) in [6.07, 6.45) is 1.82. The van der Waals surface area contributed by atoms with Crippen molar-refractivity contribution in [2.45, 2.75) is 26.3 Å². The predicted molar refractivity (Wildman–Crippen MR) is 50.5 cm³/mol. The van der Waals surface area contributed by atoms with Gasteiger partial charge in [0.1, 0.15) is 12.2 Å². The zero-order chi connectivity index (χ0) is 9.26. The number of aryl methyl sites for hydroxylation is 1. The first-order chi connectivity index (χ1) is 6.33. The van der Waals surface area contributed by atoms with Gasteiger partial charge in [-0.2, -0.15) is 0 Å². The van der Waals surface area contributed by atoms with Crippen molar-refractivity contribution in [1.29, 1.82) is 0 Å². The van der Waals surface area contributed by atoms with E-state index < -0.39 is 0 Å². The van der Waals surface area contributed by atoms with E-state index in [1.807, 2.05) is 6.33 Å². The third-order valence-corrected chi connectivity index (χ3v) is 2.91. The molecule has 1 atom stereocenters. The van der Waals surface area contributed by atoms with Crippen LogP contribution in [0.4, 0.5) is 0 Å². The Bertz CT molecular complexity index is 277. The van der Waals surface area contributed by atoms with E-state index in [9.17, 15) is 0 Å². The first-order valence-corrected chi connectivity index (χ1v) is 4.91. The maximum absolute atomic E-state index is 4.18. The second-order valence-electron chi connectivity index (χ2n) is 3.68. The zero-order valence-electron chi connectivity index (χ0n) is 8.20. The molecule has 0 radical (unpaired) electrons. The normalized spacial score (nSPS) is 19.8. The van der Waals surface area contributed by atoms with Crippen molar-refractivity contribution in [3.8, 4) is 0 Å². The molecule has 13 heavy (non-hydrogen) atoms. The molecule has 1 fully saturated rings. The minimum Gasteiger partial charge on any atom is -0.318 e. The predicted octanol–water partition coefficient (Wildman–Crippen LogP) is 0.621. The SMILES string of the molecule is CCn1cnnc1C(C)C1CNC1. The van der Waals surface area contributed by atoms with Crippen LogP contribution in [0.5, 0.6) is 0 Å². The first kappa shape index (κ1) is 8.69. The van der Waals surface area contributed by atoms with Crippen LogP contribution < -0.4 is 5.32 Å². The van der Waals surface area contributed by atoms with Gasteiger partial charge in [-0.3, -0.25) is 0 Å². The maximum Gasteiger partial charge on any atom is 0.135 e. The lowest BCUT2D eigenvalue weighted by Crippen LogP contribution is -2.45. The lowest BCUT2D eigenvalue weighted by molar-refractivity contribution is 0.291. The molecular weight excluding hydrogens is 164 g/mol. The highest BCUT2D eigenvalue weighted by Gasteiger charge is 2.27. The molecule has 0 amide bonds. The van der Waals surface area contributed by atoms with Gasteiger partial charge in [-0.25, -0.2) is 0 Å². The van der Waals surface area contributed by atoms with Crippen LogP contribution in [0.3, 0.4) is 0 Å². The van der Waals surface area contributed by atoms with Gasteiger partial charge in [-0.05, 0) is 25.9 Å². The number of nitrogens with zero attached hydrogens (tertiary/aromatic N) is 3. The standard InChI is InChI=1S/C9H16N4/c1-3-13-6-11-12-9(13)7(2)8-4-10-5-8/h6-8,10H,3-5H2,1-2H3. The van der Waals surface area contributed by atoms with E-state index in [0.29, 0.717) is 5.92 Å². The Labute approximate surface area is 78.4 Å². The topological polar surface area (TPSA) is 42.7 Å². The lowest BCUT2D eigenvalue weighted by atomic mass is 9.88. The zero-order valence-corrected chi connectivity index (χ0v) is 8.20. The summed E-state index contributed by atoms with van der Waals surface area (Å²) < 4.78 is 2.13. The Kier molecular flexibility index (Phi) is 2.31. The molecule has 0 aromatic carbocycles. The molecule has 2 rings (SSSR count). The molecule has 1 aliphatic heterocycles. The quantitative estimate of drug-likeness (QED) is 0.741. The largest absolute Gasteiger partial charge is 0.318 e. The average molecular weight is 180 g/mol. The molecule has 1 aromatic rings. The fraction of sp³-hybridized carbons (Fsp3) is 0.778. The Hall–Kier alpha value is -0.900. The minimum atomic E-state index is 0.531. The molecular formula is C9H16N4. The van der Waals surface area contributed by atoms with Gasteiger partial charge in [0.2, 0.25) is 0 Å². The highest BCUT2D eigenvalue weighted by atomic mass is 15.3. The molecule has 1 aliphatic rings. The fourth-order valence-corrected chi connectivity index (χ4v) is 1.74. The molecule has 4 nitrogen and oxygen atoms in total. The number of hydrogen-bond acceptors (Lipinski definition) is 3. The Balaban J connectivity index is 2.13. The van der Waals surface area contributed by atoms with Gasteiger partial charge in [-0.1, -0.05) is 6.92 Å². The first-order valence-electron chi connectivity index (χ1n) is 4.91. The van der Waals surface area contributed by atoms with Gasteiger partial charge in [0.15, 0.2) is 0 Å². The van der Waals surface area contributed by atoms with Gasteiger partial charge in [0.25, 0.3) is 0 Å². The van der Waals surface area contributed by atoms with Gasteiger partial charge >= 0.3 is 0 Å². The Morgan fingerprint density at radius 1 is 1.69 bits per heavy atom. The molecule has 1 N–H and O–H groups in total. The molecule has 2 heterocycles. The highest BCUT2D eigenvalue weighted by Crippen LogP contribution is 2.24. The van der Waals surface area contributed by atoms with Crippen LogP contribution >= 0.6 is 0 Å². The molecule has 0 saturated carbocycles. The van der Waals surface area contributed by atoms with E-state index in [1.54, 1.807) is 0 Å². The van der Waals surface area contributed by atoms with Crippen molar-refractivity contribution in [2.75, 3.05) is 13.1 Å². The summed E-state index contributed by atoms with van der Waals surface area (Å²) in [5, 5.41) is 11.4. The van der Waals surface area contributed by atoms with E-state index in [1.165, 1.54) is 0 Å². The van der Waals surface area contributed by atoms with Crippen molar-refractivity contribution in [3.63, 3.8) is 0 Å². The van der Waals surface area contributed by atoms with Crippen molar-refractivity contribution < 1.29 is 0 Å². The second kappa shape index (κ2) is 3.46. The number of nitrogens with one attached hydrogen (secondary N) is 1. The Morgan fingerprint density at radius 3 is 3.00 bits per heavy atom. The summed E-state index contributed by atoms with van der Waals surface area (Å²) in [6.45, 7) is 7.57. The smallest absolute Gasteiger partial charge is 0.135 e. The summed E-state index contributed by atoms with van der Waals surface area (Å²) in [5.41, 5.74) is 0.